The van der Waals surface area contributed by atoms with Crippen LogP contribution in [-0.4, -0.2) is 37.1 Å². The summed E-state index contributed by atoms with van der Waals surface area (Å²) in [6.07, 6.45) is 6.50. The lowest BCUT2D eigenvalue weighted by molar-refractivity contribution is 0.273. The molecule has 0 bridgehead atoms. The molecule has 0 radical (unpaired) electrons. The molecule has 1 aliphatic carbocycles. The van der Waals surface area contributed by atoms with Crippen LogP contribution < -0.4 is 10.3 Å². The summed E-state index contributed by atoms with van der Waals surface area (Å²) in [7, 11) is 0. The van der Waals surface area contributed by atoms with Crippen molar-refractivity contribution in [2.45, 2.75) is 37.6 Å². The van der Waals surface area contributed by atoms with Gasteiger partial charge in [-0.25, -0.2) is 4.39 Å². The maximum atomic E-state index is 15.4. The minimum Gasteiger partial charge on any atom is -0.490 e. The SMILES string of the molecule is O=c1cc(-c2cc(Cl)ccc2-n2cnnn2)cc2n1C(C1=NC=C(c3ccc4c(c3F)OCCC4)C1)C1CC21. The fourth-order valence-electron chi connectivity index (χ4n) is 6.47. The lowest BCUT2D eigenvalue weighted by Gasteiger charge is -2.21. The van der Waals surface area contributed by atoms with Gasteiger partial charge < -0.3 is 9.30 Å². The van der Waals surface area contributed by atoms with E-state index in [2.05, 4.69) is 21.6 Å². The molecule has 3 aliphatic heterocycles. The van der Waals surface area contributed by atoms with Gasteiger partial charge in [0, 0.05) is 52.2 Å². The molecule has 10 heteroatoms. The zero-order valence-electron chi connectivity index (χ0n) is 20.7. The number of hydrogen-bond acceptors (Lipinski definition) is 6. The number of fused-ring (bicyclic) bond motifs is 4. The Morgan fingerprint density at radius 3 is 2.90 bits per heavy atom. The number of tetrazole rings is 1. The summed E-state index contributed by atoms with van der Waals surface area (Å²) in [4.78, 5) is 18.4. The first-order chi connectivity index (χ1) is 19.1. The molecule has 39 heavy (non-hydrogen) atoms. The number of allylic oxidation sites excluding steroid dienone is 1. The van der Waals surface area contributed by atoms with Crippen molar-refractivity contribution in [2.24, 2.45) is 10.9 Å². The molecule has 194 valence electrons. The first-order valence-corrected chi connectivity index (χ1v) is 13.4. The van der Waals surface area contributed by atoms with Crippen molar-refractivity contribution in [3.8, 4) is 22.6 Å². The first-order valence-electron chi connectivity index (χ1n) is 13.1. The summed E-state index contributed by atoms with van der Waals surface area (Å²) in [5.41, 5.74) is 6.36. The minimum atomic E-state index is -0.312. The van der Waals surface area contributed by atoms with E-state index in [0.29, 0.717) is 41.2 Å². The molecule has 2 aromatic heterocycles. The fourth-order valence-corrected chi connectivity index (χ4v) is 6.64. The average molecular weight is 541 g/mol. The van der Waals surface area contributed by atoms with Gasteiger partial charge in [-0.2, -0.15) is 4.68 Å². The van der Waals surface area contributed by atoms with Gasteiger partial charge in [0.15, 0.2) is 11.6 Å². The number of halogens is 2. The molecular weight excluding hydrogens is 519 g/mol. The van der Waals surface area contributed by atoms with E-state index in [1.54, 1.807) is 23.0 Å². The molecule has 4 aliphatic rings. The highest BCUT2D eigenvalue weighted by molar-refractivity contribution is 6.31. The zero-order chi connectivity index (χ0) is 26.2. The third-order valence-corrected chi connectivity index (χ3v) is 8.56. The second-order valence-corrected chi connectivity index (χ2v) is 11.0. The van der Waals surface area contributed by atoms with Gasteiger partial charge in [0.05, 0.1) is 18.3 Å². The van der Waals surface area contributed by atoms with Crippen LogP contribution in [-0.2, 0) is 6.42 Å². The normalized spacial score (nSPS) is 22.5. The Kier molecular flexibility index (Phi) is 4.94. The Morgan fingerprint density at radius 2 is 2.03 bits per heavy atom. The summed E-state index contributed by atoms with van der Waals surface area (Å²) < 4.78 is 24.5. The number of benzene rings is 2. The highest BCUT2D eigenvalue weighted by Crippen LogP contribution is 2.60. The maximum Gasteiger partial charge on any atom is 0.251 e. The van der Waals surface area contributed by atoms with Crippen molar-refractivity contribution in [3.05, 3.63) is 93.0 Å². The number of rotatable bonds is 4. The van der Waals surface area contributed by atoms with Crippen LogP contribution in [0, 0.1) is 11.7 Å². The largest absolute Gasteiger partial charge is 0.490 e. The van der Waals surface area contributed by atoms with Crippen molar-refractivity contribution in [3.63, 3.8) is 0 Å². The van der Waals surface area contributed by atoms with Crippen molar-refractivity contribution in [1.29, 1.82) is 0 Å². The Morgan fingerprint density at radius 1 is 1.10 bits per heavy atom. The van der Waals surface area contributed by atoms with Crippen molar-refractivity contribution in [1.82, 2.24) is 24.8 Å². The van der Waals surface area contributed by atoms with E-state index >= 15 is 4.39 Å². The number of aromatic nitrogens is 5. The molecule has 8 rings (SSSR count). The van der Waals surface area contributed by atoms with Gasteiger partial charge in [-0.15, -0.1) is 5.10 Å². The molecule has 3 unspecified atom stereocenters. The molecule has 3 atom stereocenters. The number of hydrogen-bond donors (Lipinski definition) is 0. The lowest BCUT2D eigenvalue weighted by Crippen LogP contribution is -2.29. The molecule has 0 N–H and O–H groups in total. The van der Waals surface area contributed by atoms with E-state index in [4.69, 9.17) is 21.3 Å². The van der Waals surface area contributed by atoms with Crippen molar-refractivity contribution in [2.75, 3.05) is 6.61 Å². The first kappa shape index (κ1) is 22.8. The van der Waals surface area contributed by atoms with E-state index in [9.17, 15) is 4.79 Å². The average Bonchev–Trinajstić information content (AvgIpc) is 3.28. The molecule has 0 saturated heterocycles. The minimum absolute atomic E-state index is 0.0909. The number of pyridine rings is 1. The predicted octanol–water partition coefficient (Wildman–Crippen LogP) is 5.15. The monoisotopic (exact) mass is 540 g/mol. The van der Waals surface area contributed by atoms with Gasteiger partial charge in [0.25, 0.3) is 5.56 Å². The Bertz CT molecular complexity index is 1790. The van der Waals surface area contributed by atoms with E-state index in [1.165, 1.54) is 6.33 Å². The van der Waals surface area contributed by atoms with Gasteiger partial charge in [-0.1, -0.05) is 23.7 Å². The maximum absolute atomic E-state index is 15.4. The third kappa shape index (κ3) is 3.52. The van der Waals surface area contributed by atoms with Gasteiger partial charge in [-0.05, 0) is 76.6 Å². The Balaban J connectivity index is 1.13. The standard InChI is InChI=1S/C29H22ClFN6O2/c30-18-4-6-24(36-14-33-34-35-36)20(11-18)16-9-25-21-12-22(21)28(37(25)26(38)10-16)23-8-17(13-32-23)19-5-3-15-2-1-7-39-29(15)27(19)31/h3-6,9-11,13-14,21-22,28H,1-2,7-8,12H2. The van der Waals surface area contributed by atoms with Gasteiger partial charge in [0.1, 0.15) is 6.33 Å². The molecular formula is C29H22ClFN6O2. The van der Waals surface area contributed by atoms with Crippen LogP contribution in [0.5, 0.6) is 5.75 Å². The smallest absolute Gasteiger partial charge is 0.251 e. The second-order valence-electron chi connectivity index (χ2n) is 10.6. The molecule has 1 saturated carbocycles. The fraction of sp³-hybridized carbons (Fsp3) is 0.276. The predicted molar refractivity (Wildman–Crippen MR) is 144 cm³/mol. The van der Waals surface area contributed by atoms with Gasteiger partial charge >= 0.3 is 0 Å². The summed E-state index contributed by atoms with van der Waals surface area (Å²) >= 11 is 6.35. The number of ether oxygens (including phenoxy) is 1. The van der Waals surface area contributed by atoms with Crippen LogP contribution in [0.3, 0.4) is 0 Å². The molecule has 8 nitrogen and oxygen atoms in total. The number of aliphatic imine (C=N–C) groups is 1. The van der Waals surface area contributed by atoms with E-state index in [0.717, 1.165) is 58.6 Å². The number of nitrogens with zero attached hydrogens (tertiary/aromatic N) is 6. The summed E-state index contributed by atoms with van der Waals surface area (Å²) in [6.45, 7) is 0.535. The van der Waals surface area contributed by atoms with Crippen LogP contribution in [0.2, 0.25) is 5.02 Å². The topological polar surface area (TPSA) is 87.2 Å². The van der Waals surface area contributed by atoms with E-state index in [1.807, 2.05) is 28.8 Å². The molecule has 0 amide bonds. The van der Waals surface area contributed by atoms with Crippen LogP contribution in [0.4, 0.5) is 4.39 Å². The van der Waals surface area contributed by atoms with E-state index in [-0.39, 0.29) is 17.4 Å². The van der Waals surface area contributed by atoms with Crippen LogP contribution in [0.15, 0.2) is 64.8 Å². The highest BCUT2D eigenvalue weighted by atomic mass is 35.5. The highest BCUT2D eigenvalue weighted by Gasteiger charge is 2.54. The summed E-state index contributed by atoms with van der Waals surface area (Å²) in [5, 5.41) is 12.1. The van der Waals surface area contributed by atoms with Crippen molar-refractivity contribution >= 4 is 22.9 Å². The van der Waals surface area contributed by atoms with Crippen LogP contribution in [0.25, 0.3) is 22.4 Å². The molecule has 4 aromatic rings. The molecule has 1 fully saturated rings. The summed E-state index contributed by atoms with van der Waals surface area (Å²) in [5.74, 6) is 0.661. The van der Waals surface area contributed by atoms with Gasteiger partial charge in [0.2, 0.25) is 0 Å². The van der Waals surface area contributed by atoms with Crippen molar-refractivity contribution < 1.29 is 9.13 Å². The second kappa shape index (κ2) is 8.44. The third-order valence-electron chi connectivity index (χ3n) is 8.33. The Hall–Kier alpha value is -4.11. The number of aryl methyl sites for hydroxylation is 1. The Labute approximate surface area is 227 Å². The van der Waals surface area contributed by atoms with Gasteiger partial charge in [-0.3, -0.25) is 9.79 Å². The van der Waals surface area contributed by atoms with E-state index < -0.39 is 0 Å². The quantitative estimate of drug-likeness (QED) is 0.357. The molecule has 5 heterocycles. The summed E-state index contributed by atoms with van der Waals surface area (Å²) in [6, 6.07) is 12.8. The molecule has 2 aromatic carbocycles. The lowest BCUT2D eigenvalue weighted by atomic mass is 9.95. The van der Waals surface area contributed by atoms with Crippen LogP contribution in [0.1, 0.15) is 48.0 Å². The zero-order valence-corrected chi connectivity index (χ0v) is 21.5. The van der Waals surface area contributed by atoms with Crippen LogP contribution >= 0.6 is 11.6 Å². The molecule has 0 spiro atoms.